The summed E-state index contributed by atoms with van der Waals surface area (Å²) in [7, 11) is 0. The molecule has 3 atom stereocenters. The van der Waals surface area contributed by atoms with Gasteiger partial charge in [0, 0.05) is 6.54 Å². The molecule has 0 spiro atoms. The van der Waals surface area contributed by atoms with Crippen LogP contribution in [0.4, 0.5) is 0 Å². The van der Waals surface area contributed by atoms with Crippen molar-refractivity contribution in [3.63, 3.8) is 0 Å². The molecule has 0 aromatic carbocycles. The lowest BCUT2D eigenvalue weighted by Crippen LogP contribution is -2.66. The number of hydrazine groups is 1. The molecule has 19 heavy (non-hydrogen) atoms. The molecule has 1 amide bonds. The Morgan fingerprint density at radius 3 is 3.05 bits per heavy atom. The van der Waals surface area contributed by atoms with Crippen LogP contribution in [0.15, 0.2) is 0 Å². The number of thiocarbonyl (C=S) groups is 1. The maximum atomic E-state index is 12.6. The van der Waals surface area contributed by atoms with Gasteiger partial charge < -0.3 is 9.80 Å². The molecular weight excluding hydrogens is 280 g/mol. The topological polar surface area (TPSA) is 47.6 Å². The van der Waals surface area contributed by atoms with Gasteiger partial charge in [-0.25, -0.2) is 0 Å². The summed E-state index contributed by atoms with van der Waals surface area (Å²) in [5, 5.41) is 0.785. The maximum absolute atomic E-state index is 12.6. The second-order valence-electron chi connectivity index (χ2n) is 5.72. The van der Waals surface area contributed by atoms with Gasteiger partial charge in [0.05, 0.1) is 6.04 Å². The van der Waals surface area contributed by atoms with Crippen molar-refractivity contribution < 1.29 is 4.79 Å². The Hall–Kier alpha value is -0.530. The van der Waals surface area contributed by atoms with E-state index in [0.29, 0.717) is 5.92 Å². The van der Waals surface area contributed by atoms with Crippen LogP contribution in [0.3, 0.4) is 0 Å². The SMILES string of the molecule is CC(C)CCN1C(=O)C2SCCC2N2C(=S)NNC12. The highest BCUT2D eigenvalue weighted by Crippen LogP contribution is 2.38. The van der Waals surface area contributed by atoms with Crippen LogP contribution in [0, 0.1) is 5.92 Å². The predicted octanol–water partition coefficient (Wildman–Crippen LogP) is 0.727. The lowest BCUT2D eigenvalue weighted by Gasteiger charge is -2.45. The number of carbonyl (C=O) groups excluding carboxylic acids is 1. The van der Waals surface area contributed by atoms with Crippen LogP contribution >= 0.6 is 24.0 Å². The van der Waals surface area contributed by atoms with Gasteiger partial charge in [0.2, 0.25) is 5.91 Å². The van der Waals surface area contributed by atoms with Crippen molar-refractivity contribution in [2.45, 2.75) is 44.3 Å². The summed E-state index contributed by atoms with van der Waals surface area (Å²) >= 11 is 7.15. The molecule has 3 saturated heterocycles. The molecule has 3 aliphatic heterocycles. The summed E-state index contributed by atoms with van der Waals surface area (Å²) in [5.74, 6) is 1.91. The van der Waals surface area contributed by atoms with E-state index in [2.05, 4.69) is 29.6 Å². The third-order valence-electron chi connectivity index (χ3n) is 3.99. The molecule has 0 aromatic heterocycles. The molecule has 106 valence electrons. The quantitative estimate of drug-likeness (QED) is 0.749. The fourth-order valence-electron chi connectivity index (χ4n) is 2.94. The molecule has 0 aromatic rings. The van der Waals surface area contributed by atoms with E-state index in [0.717, 1.165) is 30.3 Å². The molecule has 0 bridgehead atoms. The Morgan fingerprint density at radius 1 is 1.53 bits per heavy atom. The minimum atomic E-state index is -0.0984. The van der Waals surface area contributed by atoms with Gasteiger partial charge in [-0.1, -0.05) is 13.8 Å². The van der Waals surface area contributed by atoms with E-state index in [9.17, 15) is 4.79 Å². The number of thioether (sulfide) groups is 1. The lowest BCUT2D eigenvalue weighted by molar-refractivity contribution is -0.143. The Kier molecular flexibility index (Phi) is 3.61. The van der Waals surface area contributed by atoms with Crippen LogP contribution in [-0.4, -0.2) is 50.7 Å². The summed E-state index contributed by atoms with van der Waals surface area (Å²) in [4.78, 5) is 16.8. The molecule has 3 aliphatic rings. The number of carbonyl (C=O) groups is 1. The average Bonchev–Trinajstić information content (AvgIpc) is 2.95. The van der Waals surface area contributed by atoms with Crippen molar-refractivity contribution in [3.05, 3.63) is 0 Å². The van der Waals surface area contributed by atoms with E-state index in [-0.39, 0.29) is 23.5 Å². The van der Waals surface area contributed by atoms with Crippen LogP contribution in [0.2, 0.25) is 0 Å². The van der Waals surface area contributed by atoms with Gasteiger partial charge in [-0.3, -0.25) is 10.2 Å². The average molecular weight is 300 g/mol. The van der Waals surface area contributed by atoms with Crippen LogP contribution in [0.25, 0.3) is 0 Å². The van der Waals surface area contributed by atoms with E-state index in [1.54, 1.807) is 11.8 Å². The molecule has 0 aliphatic carbocycles. The number of rotatable bonds is 3. The molecule has 3 heterocycles. The smallest absolute Gasteiger partial charge is 0.240 e. The zero-order valence-corrected chi connectivity index (χ0v) is 12.9. The van der Waals surface area contributed by atoms with Crippen LogP contribution in [0.5, 0.6) is 0 Å². The monoisotopic (exact) mass is 300 g/mol. The van der Waals surface area contributed by atoms with Gasteiger partial charge in [-0.15, -0.1) is 11.8 Å². The third kappa shape index (κ3) is 2.21. The van der Waals surface area contributed by atoms with Gasteiger partial charge >= 0.3 is 0 Å². The standard InChI is InChI=1S/C12H20N4OS2/c1-7(2)3-5-15-10(17)9-8(4-6-19-9)16-11(15)13-14-12(16)18/h7-9,11,13H,3-6H2,1-2H3,(H,14,18). The first-order valence-corrected chi connectivity index (χ1v) is 8.31. The highest BCUT2D eigenvalue weighted by Gasteiger charge is 2.52. The summed E-state index contributed by atoms with van der Waals surface area (Å²) in [6.07, 6.45) is 1.96. The number of nitrogens with zero attached hydrogens (tertiary/aromatic N) is 2. The van der Waals surface area contributed by atoms with Gasteiger partial charge in [0.25, 0.3) is 0 Å². The van der Waals surface area contributed by atoms with Crippen LogP contribution in [-0.2, 0) is 4.79 Å². The maximum Gasteiger partial charge on any atom is 0.240 e. The Balaban J connectivity index is 1.83. The predicted molar refractivity (Wildman–Crippen MR) is 80.3 cm³/mol. The highest BCUT2D eigenvalue weighted by molar-refractivity contribution is 8.00. The van der Waals surface area contributed by atoms with Crippen molar-refractivity contribution >= 4 is 35.0 Å². The molecular formula is C12H20N4OS2. The number of fused-ring (bicyclic) bond motifs is 3. The Bertz CT molecular complexity index is 403. The largest absolute Gasteiger partial charge is 0.309 e. The minimum absolute atomic E-state index is 0.0584. The van der Waals surface area contributed by atoms with E-state index < -0.39 is 0 Å². The van der Waals surface area contributed by atoms with Crippen molar-refractivity contribution in [2.24, 2.45) is 5.92 Å². The summed E-state index contributed by atoms with van der Waals surface area (Å²) in [6.45, 7) is 5.16. The fraction of sp³-hybridized carbons (Fsp3) is 0.833. The molecule has 5 nitrogen and oxygen atoms in total. The number of hydrogen-bond donors (Lipinski definition) is 2. The first-order valence-electron chi connectivity index (χ1n) is 6.85. The zero-order valence-electron chi connectivity index (χ0n) is 11.3. The summed E-state index contributed by atoms with van der Waals surface area (Å²) in [6, 6.07) is 0.257. The number of amides is 1. The molecule has 0 saturated carbocycles. The van der Waals surface area contributed by atoms with E-state index >= 15 is 0 Å². The van der Waals surface area contributed by atoms with Crippen LogP contribution < -0.4 is 10.9 Å². The van der Waals surface area contributed by atoms with Gasteiger partial charge in [0.1, 0.15) is 5.25 Å². The molecule has 2 N–H and O–H groups in total. The highest BCUT2D eigenvalue weighted by atomic mass is 32.2. The first kappa shape index (κ1) is 13.5. The van der Waals surface area contributed by atoms with E-state index in [4.69, 9.17) is 12.2 Å². The fourth-order valence-corrected chi connectivity index (χ4v) is 4.64. The summed E-state index contributed by atoms with van der Waals surface area (Å²) < 4.78 is 0. The minimum Gasteiger partial charge on any atom is -0.309 e. The van der Waals surface area contributed by atoms with Gasteiger partial charge in [-0.2, -0.15) is 5.43 Å². The Labute approximate surface area is 123 Å². The second kappa shape index (κ2) is 5.10. The summed E-state index contributed by atoms with van der Waals surface area (Å²) in [5.41, 5.74) is 6.17. The lowest BCUT2D eigenvalue weighted by atomic mass is 10.0. The molecule has 3 unspecified atom stereocenters. The molecule has 7 heteroatoms. The van der Waals surface area contributed by atoms with E-state index in [1.807, 2.05) is 4.90 Å². The normalized spacial score (nSPS) is 33.7. The zero-order chi connectivity index (χ0) is 13.6. The van der Waals surface area contributed by atoms with Crippen molar-refractivity contribution in [2.75, 3.05) is 12.3 Å². The van der Waals surface area contributed by atoms with Gasteiger partial charge in [0.15, 0.2) is 11.4 Å². The first-order chi connectivity index (χ1) is 9.09. The van der Waals surface area contributed by atoms with Crippen molar-refractivity contribution in [3.8, 4) is 0 Å². The second-order valence-corrected chi connectivity index (χ2v) is 7.35. The molecule has 3 fully saturated rings. The van der Waals surface area contributed by atoms with E-state index in [1.165, 1.54) is 0 Å². The third-order valence-corrected chi connectivity index (χ3v) is 5.65. The van der Waals surface area contributed by atoms with Gasteiger partial charge in [-0.05, 0) is 36.7 Å². The van der Waals surface area contributed by atoms with Crippen LogP contribution in [0.1, 0.15) is 26.7 Å². The van der Waals surface area contributed by atoms with Crippen molar-refractivity contribution in [1.29, 1.82) is 0 Å². The Morgan fingerprint density at radius 2 is 2.32 bits per heavy atom. The molecule has 0 radical (unpaired) electrons. The molecule has 3 rings (SSSR count). The number of hydrogen-bond acceptors (Lipinski definition) is 4. The van der Waals surface area contributed by atoms with Crippen molar-refractivity contribution in [1.82, 2.24) is 20.7 Å². The number of nitrogens with one attached hydrogen (secondary N) is 2.